The third-order valence-electron chi connectivity index (χ3n) is 6.92. The van der Waals surface area contributed by atoms with E-state index in [9.17, 15) is 4.79 Å². The van der Waals surface area contributed by atoms with Gasteiger partial charge in [-0.2, -0.15) is 9.78 Å². The predicted octanol–water partition coefficient (Wildman–Crippen LogP) is 2.46. The second-order valence-corrected chi connectivity index (χ2v) is 8.21. The van der Waals surface area contributed by atoms with Crippen LogP contribution in [0, 0.1) is 23.7 Å². The molecule has 0 unspecified atom stereocenters. The molecule has 4 aliphatic carbocycles. The van der Waals surface area contributed by atoms with Gasteiger partial charge >= 0.3 is 0 Å². The Morgan fingerprint density at radius 1 is 0.955 bits per heavy atom. The third-order valence-corrected chi connectivity index (χ3v) is 6.92. The molecule has 6 fully saturated rings. The highest BCUT2D eigenvalue weighted by atomic mass is 17.3. The fraction of sp³-hybridized carbons (Fsp3) is 0.941. The van der Waals surface area contributed by atoms with Crippen molar-refractivity contribution in [2.24, 2.45) is 23.7 Å². The molecule has 122 valence electrons. The van der Waals surface area contributed by atoms with Crippen molar-refractivity contribution < 1.29 is 19.3 Å². The van der Waals surface area contributed by atoms with E-state index >= 15 is 0 Å². The van der Waals surface area contributed by atoms with Gasteiger partial charge in [0.25, 0.3) is 0 Å². The van der Waals surface area contributed by atoms with E-state index in [0.717, 1.165) is 24.7 Å². The molecule has 2 spiro atoms. The molecule has 6 aliphatic rings. The molecular weight excluding hydrogens is 282 g/mol. The second-order valence-electron chi connectivity index (χ2n) is 8.21. The number of carbonyl (C=O) groups excluding carboxylic acids is 1. The average molecular weight is 307 g/mol. The smallest absolute Gasteiger partial charge is 0.219 e. The molecule has 0 atom stereocenters. The van der Waals surface area contributed by atoms with Gasteiger partial charge in [0.1, 0.15) is 0 Å². The van der Waals surface area contributed by atoms with E-state index in [1.807, 2.05) is 4.90 Å². The summed E-state index contributed by atoms with van der Waals surface area (Å²) >= 11 is 0. The maximum Gasteiger partial charge on any atom is 0.219 e. The number of amides is 1. The number of hydrogen-bond acceptors (Lipinski definition) is 4. The average Bonchev–Trinajstić information content (AvgIpc) is 2.85. The number of nitrogens with zero attached hydrogens (tertiary/aromatic N) is 1. The van der Waals surface area contributed by atoms with Crippen molar-refractivity contribution in [3.8, 4) is 0 Å². The largest absolute Gasteiger partial charge is 0.343 e. The highest BCUT2D eigenvalue weighted by Crippen LogP contribution is 2.63. The first-order valence-electron chi connectivity index (χ1n) is 8.91. The van der Waals surface area contributed by atoms with Gasteiger partial charge in [-0.05, 0) is 43.9 Å². The van der Waals surface area contributed by atoms with E-state index in [-0.39, 0.29) is 5.91 Å². The third kappa shape index (κ3) is 1.79. The number of likely N-dealkylation sites (tertiary alicyclic amines) is 1. The molecule has 2 saturated heterocycles. The van der Waals surface area contributed by atoms with E-state index in [1.165, 1.54) is 32.1 Å². The fourth-order valence-corrected chi connectivity index (χ4v) is 5.96. The lowest BCUT2D eigenvalue weighted by atomic mass is 9.53. The normalized spacial score (nSPS) is 48.5. The summed E-state index contributed by atoms with van der Waals surface area (Å²) in [6.45, 7) is 3.04. The Bertz CT molecular complexity index is 469. The lowest BCUT2D eigenvalue weighted by Gasteiger charge is -2.57. The Morgan fingerprint density at radius 3 is 2.09 bits per heavy atom. The van der Waals surface area contributed by atoms with Crippen LogP contribution in [0.1, 0.15) is 51.9 Å². The van der Waals surface area contributed by atoms with Gasteiger partial charge < -0.3 is 9.64 Å². The van der Waals surface area contributed by atoms with Crippen LogP contribution in [-0.4, -0.2) is 35.5 Å². The summed E-state index contributed by atoms with van der Waals surface area (Å²) in [6, 6.07) is 0. The van der Waals surface area contributed by atoms with Crippen molar-refractivity contribution in [1.29, 1.82) is 0 Å². The standard InChI is InChI=1S/C17H25NO4/c1-11(19)18-4-2-16(3-5-18)20-17(22-21-16)14-7-12-6-13(9-14)10-15(17)8-12/h12-15H,2-10H2,1H3. The van der Waals surface area contributed by atoms with Crippen molar-refractivity contribution in [2.45, 2.75) is 63.4 Å². The quantitative estimate of drug-likeness (QED) is 0.645. The van der Waals surface area contributed by atoms with E-state index in [4.69, 9.17) is 14.5 Å². The summed E-state index contributed by atoms with van der Waals surface area (Å²) in [5.74, 6) is 1.83. The Morgan fingerprint density at radius 2 is 1.55 bits per heavy atom. The summed E-state index contributed by atoms with van der Waals surface area (Å²) in [4.78, 5) is 25.2. The Kier molecular flexibility index (Phi) is 2.79. The van der Waals surface area contributed by atoms with Crippen molar-refractivity contribution in [2.75, 3.05) is 13.1 Å². The Balaban J connectivity index is 1.36. The van der Waals surface area contributed by atoms with E-state index in [2.05, 4.69) is 0 Å². The number of ether oxygens (including phenoxy) is 1. The van der Waals surface area contributed by atoms with Crippen LogP contribution in [0.4, 0.5) is 0 Å². The van der Waals surface area contributed by atoms with Gasteiger partial charge in [0, 0.05) is 44.7 Å². The van der Waals surface area contributed by atoms with Crippen molar-refractivity contribution >= 4 is 5.91 Å². The molecule has 0 aromatic heterocycles. The number of rotatable bonds is 0. The minimum atomic E-state index is -0.610. The summed E-state index contributed by atoms with van der Waals surface area (Å²) in [6.07, 6.45) is 7.83. The Hall–Kier alpha value is -0.650. The van der Waals surface area contributed by atoms with Crippen LogP contribution < -0.4 is 0 Å². The van der Waals surface area contributed by atoms with Crippen LogP contribution in [0.5, 0.6) is 0 Å². The van der Waals surface area contributed by atoms with Gasteiger partial charge in [-0.15, -0.1) is 0 Å². The first kappa shape index (κ1) is 13.8. The van der Waals surface area contributed by atoms with E-state index in [0.29, 0.717) is 24.9 Å². The summed E-state index contributed by atoms with van der Waals surface area (Å²) in [5, 5.41) is 0. The lowest BCUT2D eigenvalue weighted by molar-refractivity contribution is -0.390. The minimum Gasteiger partial charge on any atom is -0.343 e. The molecule has 0 N–H and O–H groups in total. The van der Waals surface area contributed by atoms with Gasteiger partial charge in [-0.1, -0.05) is 0 Å². The molecule has 2 heterocycles. The van der Waals surface area contributed by atoms with Crippen LogP contribution in [-0.2, 0) is 19.3 Å². The SMILES string of the molecule is CC(=O)N1CCC2(CC1)OOC1(O2)C2CC3CC(C2)CC1C3. The van der Waals surface area contributed by atoms with Crippen LogP contribution in [0.2, 0.25) is 0 Å². The molecule has 4 bridgehead atoms. The molecule has 4 saturated carbocycles. The zero-order valence-electron chi connectivity index (χ0n) is 13.3. The molecule has 2 aliphatic heterocycles. The van der Waals surface area contributed by atoms with Gasteiger partial charge in [0.2, 0.25) is 17.5 Å². The predicted molar refractivity (Wildman–Crippen MR) is 77.3 cm³/mol. The number of carbonyl (C=O) groups is 1. The molecule has 0 radical (unpaired) electrons. The second kappa shape index (κ2) is 4.46. The highest BCUT2D eigenvalue weighted by molar-refractivity contribution is 5.73. The molecule has 0 aromatic rings. The minimum absolute atomic E-state index is 0.137. The number of piperidine rings is 1. The van der Waals surface area contributed by atoms with Crippen LogP contribution in [0.3, 0.4) is 0 Å². The molecule has 5 heteroatoms. The first-order valence-corrected chi connectivity index (χ1v) is 8.91. The topological polar surface area (TPSA) is 48.0 Å². The van der Waals surface area contributed by atoms with Gasteiger partial charge in [-0.3, -0.25) is 4.79 Å². The van der Waals surface area contributed by atoms with Crippen LogP contribution in [0.15, 0.2) is 0 Å². The molecule has 0 aromatic carbocycles. The van der Waals surface area contributed by atoms with E-state index < -0.39 is 11.6 Å². The molecule has 1 amide bonds. The zero-order valence-corrected chi connectivity index (χ0v) is 13.3. The first-order chi connectivity index (χ1) is 10.6. The lowest BCUT2D eigenvalue weighted by Crippen LogP contribution is -2.59. The van der Waals surface area contributed by atoms with Gasteiger partial charge in [-0.25, -0.2) is 0 Å². The van der Waals surface area contributed by atoms with Crippen molar-refractivity contribution in [3.05, 3.63) is 0 Å². The summed E-state index contributed by atoms with van der Waals surface area (Å²) in [5.41, 5.74) is 0. The molecule has 6 rings (SSSR count). The van der Waals surface area contributed by atoms with Crippen LogP contribution in [0.25, 0.3) is 0 Å². The summed E-state index contributed by atoms with van der Waals surface area (Å²) < 4.78 is 6.60. The van der Waals surface area contributed by atoms with E-state index in [1.54, 1.807) is 6.92 Å². The summed E-state index contributed by atoms with van der Waals surface area (Å²) in [7, 11) is 0. The fourth-order valence-electron chi connectivity index (χ4n) is 5.96. The van der Waals surface area contributed by atoms with Gasteiger partial charge in [0.15, 0.2) is 0 Å². The molecule has 22 heavy (non-hydrogen) atoms. The maximum atomic E-state index is 11.5. The molecular formula is C17H25NO4. The van der Waals surface area contributed by atoms with Crippen molar-refractivity contribution in [1.82, 2.24) is 4.90 Å². The highest BCUT2D eigenvalue weighted by Gasteiger charge is 2.66. The van der Waals surface area contributed by atoms with Crippen LogP contribution >= 0.6 is 0 Å². The molecule has 5 nitrogen and oxygen atoms in total. The Labute approximate surface area is 131 Å². The monoisotopic (exact) mass is 307 g/mol. The maximum absolute atomic E-state index is 11.5. The zero-order chi connectivity index (χ0) is 14.9. The van der Waals surface area contributed by atoms with Gasteiger partial charge in [0.05, 0.1) is 0 Å². The number of hydrogen-bond donors (Lipinski definition) is 0. The van der Waals surface area contributed by atoms with Crippen molar-refractivity contribution in [3.63, 3.8) is 0 Å².